The zero-order valence-corrected chi connectivity index (χ0v) is 9.77. The van der Waals surface area contributed by atoms with Gasteiger partial charge in [-0.2, -0.15) is 10.5 Å². The van der Waals surface area contributed by atoms with Gasteiger partial charge >= 0.3 is 0 Å². The highest BCUT2D eigenvalue weighted by Crippen LogP contribution is 2.38. The molecule has 78 valence electrons. The van der Waals surface area contributed by atoms with Crippen LogP contribution in [-0.4, -0.2) is 5.75 Å². The van der Waals surface area contributed by atoms with Crippen molar-refractivity contribution in [2.75, 3.05) is 5.75 Å². The molecule has 0 saturated carbocycles. The Bertz CT molecular complexity index is 528. The van der Waals surface area contributed by atoms with Crippen LogP contribution in [-0.2, 0) is 0 Å². The molecule has 3 heteroatoms. The van der Waals surface area contributed by atoms with Crippen LogP contribution in [0.15, 0.2) is 28.7 Å². The molecule has 0 bridgehead atoms. The van der Waals surface area contributed by atoms with Gasteiger partial charge in [0, 0.05) is 10.6 Å². The summed E-state index contributed by atoms with van der Waals surface area (Å²) in [5, 5.41) is 17.9. The van der Waals surface area contributed by atoms with E-state index in [-0.39, 0.29) is 5.57 Å². The molecular formula is C13H10N2S. The van der Waals surface area contributed by atoms with Gasteiger partial charge in [-0.05, 0) is 30.5 Å². The minimum absolute atomic E-state index is 0.257. The summed E-state index contributed by atoms with van der Waals surface area (Å²) >= 11 is 1.79. The summed E-state index contributed by atoms with van der Waals surface area (Å²) in [5.74, 6) is 0.943. The van der Waals surface area contributed by atoms with Crippen LogP contribution < -0.4 is 0 Å². The highest BCUT2D eigenvalue weighted by molar-refractivity contribution is 7.99. The number of nitrogens with zero attached hydrogens (tertiary/aromatic N) is 2. The van der Waals surface area contributed by atoms with E-state index in [0.29, 0.717) is 0 Å². The van der Waals surface area contributed by atoms with Crippen molar-refractivity contribution in [3.63, 3.8) is 0 Å². The molecule has 1 aliphatic rings. The van der Waals surface area contributed by atoms with Crippen molar-refractivity contribution in [1.82, 2.24) is 0 Å². The third-order valence-corrected chi connectivity index (χ3v) is 3.67. The molecule has 0 aromatic heterocycles. The largest absolute Gasteiger partial charge is 0.192 e. The molecule has 0 saturated heterocycles. The van der Waals surface area contributed by atoms with E-state index in [9.17, 15) is 0 Å². The molecular weight excluding hydrogens is 216 g/mol. The quantitative estimate of drug-likeness (QED) is 0.638. The molecule has 0 radical (unpaired) electrons. The van der Waals surface area contributed by atoms with Crippen LogP contribution in [0, 0.1) is 29.6 Å². The molecule has 0 amide bonds. The van der Waals surface area contributed by atoms with Crippen LogP contribution in [0.2, 0.25) is 0 Å². The molecule has 2 rings (SSSR count). The number of benzene rings is 1. The summed E-state index contributed by atoms with van der Waals surface area (Å²) in [6.07, 6.45) is 0.803. The Morgan fingerprint density at radius 2 is 2.06 bits per heavy atom. The molecule has 1 heterocycles. The number of hydrogen-bond donors (Lipinski definition) is 0. The van der Waals surface area contributed by atoms with Gasteiger partial charge < -0.3 is 0 Å². The fraction of sp³-hybridized carbons (Fsp3) is 0.231. The van der Waals surface area contributed by atoms with Gasteiger partial charge in [-0.1, -0.05) is 17.7 Å². The van der Waals surface area contributed by atoms with Crippen LogP contribution in [0.3, 0.4) is 0 Å². The molecule has 1 aromatic rings. The lowest BCUT2D eigenvalue weighted by Crippen LogP contribution is -2.00. The molecule has 0 unspecified atom stereocenters. The summed E-state index contributed by atoms with van der Waals surface area (Å²) in [6.45, 7) is 2.02. The summed E-state index contributed by atoms with van der Waals surface area (Å²) in [4.78, 5) is 1.18. The SMILES string of the molecule is Cc1ccc2c(c1)C(=C(C#N)C#N)CCS2. The Hall–Kier alpha value is -1.71. The van der Waals surface area contributed by atoms with Crippen LogP contribution in [0.1, 0.15) is 17.5 Å². The molecule has 0 aliphatic carbocycles. The van der Waals surface area contributed by atoms with Gasteiger partial charge in [-0.15, -0.1) is 11.8 Å². The first kappa shape index (κ1) is 10.8. The Morgan fingerprint density at radius 1 is 1.31 bits per heavy atom. The van der Waals surface area contributed by atoms with Gasteiger partial charge in [-0.25, -0.2) is 0 Å². The maximum absolute atomic E-state index is 8.94. The summed E-state index contributed by atoms with van der Waals surface area (Å²) in [6, 6.07) is 10.2. The summed E-state index contributed by atoms with van der Waals surface area (Å²) in [7, 11) is 0. The van der Waals surface area contributed by atoms with Crippen LogP contribution >= 0.6 is 11.8 Å². The average Bonchev–Trinajstić information content (AvgIpc) is 2.31. The van der Waals surface area contributed by atoms with Gasteiger partial charge in [0.2, 0.25) is 0 Å². The van der Waals surface area contributed by atoms with E-state index in [1.807, 2.05) is 19.1 Å². The second-order valence-corrected chi connectivity index (χ2v) is 4.81. The van der Waals surface area contributed by atoms with Crippen LogP contribution in [0.5, 0.6) is 0 Å². The van der Waals surface area contributed by atoms with Crippen molar-refractivity contribution in [2.24, 2.45) is 0 Å². The zero-order chi connectivity index (χ0) is 11.5. The predicted octanol–water partition coefficient (Wildman–Crippen LogP) is 3.29. The molecule has 0 fully saturated rings. The van der Waals surface area contributed by atoms with Gasteiger partial charge in [0.25, 0.3) is 0 Å². The fourth-order valence-corrected chi connectivity index (χ4v) is 2.85. The van der Waals surface area contributed by atoms with E-state index in [4.69, 9.17) is 10.5 Å². The minimum Gasteiger partial charge on any atom is -0.192 e. The van der Waals surface area contributed by atoms with E-state index in [1.54, 1.807) is 11.8 Å². The van der Waals surface area contributed by atoms with E-state index in [0.717, 1.165) is 28.9 Å². The minimum atomic E-state index is 0.257. The van der Waals surface area contributed by atoms with E-state index < -0.39 is 0 Å². The zero-order valence-electron chi connectivity index (χ0n) is 8.95. The molecule has 0 spiro atoms. The Balaban J connectivity index is 2.66. The molecule has 1 aromatic carbocycles. The second-order valence-electron chi connectivity index (χ2n) is 3.68. The van der Waals surface area contributed by atoms with Gasteiger partial charge in [-0.3, -0.25) is 0 Å². The van der Waals surface area contributed by atoms with Crippen molar-refractivity contribution in [3.8, 4) is 12.1 Å². The fourth-order valence-electron chi connectivity index (χ4n) is 1.82. The lowest BCUT2D eigenvalue weighted by molar-refractivity contribution is 1.17. The van der Waals surface area contributed by atoms with Crippen LogP contribution in [0.25, 0.3) is 5.57 Å². The van der Waals surface area contributed by atoms with Crippen molar-refractivity contribution in [1.29, 1.82) is 10.5 Å². The van der Waals surface area contributed by atoms with E-state index >= 15 is 0 Å². The summed E-state index contributed by atoms with van der Waals surface area (Å²) in [5.41, 5.74) is 3.39. The highest BCUT2D eigenvalue weighted by atomic mass is 32.2. The maximum Gasteiger partial charge on any atom is 0.133 e. The molecule has 2 nitrogen and oxygen atoms in total. The molecule has 16 heavy (non-hydrogen) atoms. The highest BCUT2D eigenvalue weighted by Gasteiger charge is 2.18. The number of rotatable bonds is 0. The third kappa shape index (κ3) is 1.83. The first-order valence-electron chi connectivity index (χ1n) is 5.03. The Morgan fingerprint density at radius 3 is 2.75 bits per heavy atom. The standard InChI is InChI=1S/C13H10N2S/c1-9-2-3-13-12(6-9)11(4-5-16-13)10(7-14)8-15/h2-3,6H,4-5H2,1H3. The molecule has 0 atom stereocenters. The van der Waals surface area contributed by atoms with Gasteiger partial charge in [0.05, 0.1) is 0 Å². The normalized spacial score (nSPS) is 13.6. The van der Waals surface area contributed by atoms with E-state index in [1.165, 1.54) is 4.90 Å². The third-order valence-electron chi connectivity index (χ3n) is 2.60. The predicted molar refractivity (Wildman–Crippen MR) is 64.7 cm³/mol. The second kappa shape index (κ2) is 4.43. The molecule has 1 aliphatic heterocycles. The smallest absolute Gasteiger partial charge is 0.133 e. The van der Waals surface area contributed by atoms with Crippen molar-refractivity contribution < 1.29 is 0 Å². The lowest BCUT2D eigenvalue weighted by Gasteiger charge is -2.18. The van der Waals surface area contributed by atoms with E-state index in [2.05, 4.69) is 18.2 Å². The van der Waals surface area contributed by atoms with Gasteiger partial charge in [0.1, 0.15) is 17.7 Å². The maximum atomic E-state index is 8.94. The van der Waals surface area contributed by atoms with Gasteiger partial charge in [0.15, 0.2) is 0 Å². The number of nitriles is 2. The van der Waals surface area contributed by atoms with Crippen molar-refractivity contribution >= 4 is 17.3 Å². The number of thioether (sulfide) groups is 1. The van der Waals surface area contributed by atoms with Crippen molar-refractivity contribution in [2.45, 2.75) is 18.2 Å². The molecule has 0 N–H and O–H groups in total. The average molecular weight is 226 g/mol. The topological polar surface area (TPSA) is 47.6 Å². The lowest BCUT2D eigenvalue weighted by atomic mass is 9.97. The monoisotopic (exact) mass is 226 g/mol. The number of allylic oxidation sites excluding steroid dienone is 2. The Kier molecular flexibility index (Phi) is 2.99. The van der Waals surface area contributed by atoms with Crippen molar-refractivity contribution in [3.05, 3.63) is 34.9 Å². The van der Waals surface area contributed by atoms with Crippen LogP contribution in [0.4, 0.5) is 0 Å². The first-order chi connectivity index (χ1) is 7.76. The first-order valence-corrected chi connectivity index (χ1v) is 6.02. The number of hydrogen-bond acceptors (Lipinski definition) is 3. The number of fused-ring (bicyclic) bond motifs is 1. The summed E-state index contributed by atoms with van der Waals surface area (Å²) < 4.78 is 0. The Labute approximate surface area is 99.2 Å². The number of aryl methyl sites for hydroxylation is 1.